The number of aromatic nitrogens is 2. The van der Waals surface area contributed by atoms with E-state index in [2.05, 4.69) is 10.3 Å². The molecule has 0 aliphatic heterocycles. The minimum absolute atomic E-state index is 0.245. The molecule has 0 aliphatic carbocycles. The van der Waals surface area contributed by atoms with Gasteiger partial charge in [0.25, 0.3) is 0 Å². The van der Waals surface area contributed by atoms with Crippen molar-refractivity contribution in [2.45, 2.75) is 38.8 Å². The van der Waals surface area contributed by atoms with Crippen LogP contribution in [0.3, 0.4) is 0 Å². The molecule has 0 saturated carbocycles. The van der Waals surface area contributed by atoms with Crippen LogP contribution in [0, 0.1) is 0 Å². The fraction of sp³-hybridized carbons (Fsp3) is 0.727. The van der Waals surface area contributed by atoms with Crippen molar-refractivity contribution in [3.8, 4) is 0 Å². The minimum atomic E-state index is -0.362. The first-order valence-corrected chi connectivity index (χ1v) is 5.33. The van der Waals surface area contributed by atoms with Crippen LogP contribution in [0.25, 0.3) is 0 Å². The first-order chi connectivity index (χ1) is 6.93. The lowest BCUT2D eigenvalue weighted by Crippen LogP contribution is -2.48. The number of rotatable bonds is 5. The van der Waals surface area contributed by atoms with Crippen LogP contribution >= 0.6 is 0 Å². The number of aliphatic hydroxyl groups excluding tert-OH is 1. The third-order valence-corrected chi connectivity index (χ3v) is 2.89. The van der Waals surface area contributed by atoms with E-state index in [1.54, 1.807) is 13.1 Å². The van der Waals surface area contributed by atoms with Gasteiger partial charge in [0.1, 0.15) is 5.82 Å². The Balaban J connectivity index is 2.37. The molecule has 4 heteroatoms. The van der Waals surface area contributed by atoms with E-state index in [0.717, 1.165) is 18.8 Å². The molecule has 1 rings (SSSR count). The fourth-order valence-electron chi connectivity index (χ4n) is 1.28. The number of aryl methyl sites for hydroxylation is 1. The highest BCUT2D eigenvalue weighted by Gasteiger charge is 2.22. The molecule has 2 N–H and O–H groups in total. The van der Waals surface area contributed by atoms with E-state index in [-0.39, 0.29) is 11.6 Å². The van der Waals surface area contributed by atoms with Crippen molar-refractivity contribution in [3.05, 3.63) is 18.2 Å². The van der Waals surface area contributed by atoms with E-state index < -0.39 is 0 Å². The third kappa shape index (κ3) is 3.32. The van der Waals surface area contributed by atoms with Crippen LogP contribution in [-0.2, 0) is 13.5 Å². The average molecular weight is 211 g/mol. The van der Waals surface area contributed by atoms with Crippen LogP contribution in [-0.4, -0.2) is 32.8 Å². The maximum atomic E-state index is 9.51. The van der Waals surface area contributed by atoms with Gasteiger partial charge < -0.3 is 15.0 Å². The Bertz CT molecular complexity index is 305. The second-order valence-corrected chi connectivity index (χ2v) is 4.53. The quantitative estimate of drug-likeness (QED) is 0.754. The Morgan fingerprint density at radius 2 is 2.27 bits per heavy atom. The summed E-state index contributed by atoms with van der Waals surface area (Å²) in [6, 6.07) is 0. The summed E-state index contributed by atoms with van der Waals surface area (Å²) >= 11 is 0. The predicted molar refractivity (Wildman–Crippen MR) is 60.7 cm³/mol. The van der Waals surface area contributed by atoms with Crippen molar-refractivity contribution in [2.24, 2.45) is 7.05 Å². The van der Waals surface area contributed by atoms with E-state index in [4.69, 9.17) is 0 Å². The summed E-state index contributed by atoms with van der Waals surface area (Å²) < 4.78 is 2.01. The number of hydrogen-bond acceptors (Lipinski definition) is 3. The molecule has 0 radical (unpaired) electrons. The summed E-state index contributed by atoms with van der Waals surface area (Å²) in [6.07, 6.45) is 4.25. The van der Waals surface area contributed by atoms with Gasteiger partial charge in [0, 0.05) is 37.9 Å². The SMILES string of the molecule is CC(O)C(C)(C)NCCc1nccn1C. The summed E-state index contributed by atoms with van der Waals surface area (Å²) in [5.74, 6) is 1.06. The van der Waals surface area contributed by atoms with Crippen LogP contribution in [0.2, 0.25) is 0 Å². The van der Waals surface area contributed by atoms with Gasteiger partial charge in [0.2, 0.25) is 0 Å². The van der Waals surface area contributed by atoms with Crippen molar-refractivity contribution in [3.63, 3.8) is 0 Å². The van der Waals surface area contributed by atoms with Crippen molar-refractivity contribution in [2.75, 3.05) is 6.54 Å². The van der Waals surface area contributed by atoms with E-state index in [1.165, 1.54) is 0 Å². The summed E-state index contributed by atoms with van der Waals surface area (Å²) in [5, 5.41) is 12.8. The van der Waals surface area contributed by atoms with Crippen LogP contribution in [0.15, 0.2) is 12.4 Å². The standard InChI is InChI=1S/C11H21N3O/c1-9(15)11(2,3)13-6-5-10-12-7-8-14(10)4/h7-9,13,15H,5-6H2,1-4H3. The first-order valence-electron chi connectivity index (χ1n) is 5.33. The summed E-state index contributed by atoms with van der Waals surface area (Å²) in [6.45, 7) is 6.61. The van der Waals surface area contributed by atoms with Gasteiger partial charge in [0.05, 0.1) is 6.10 Å². The zero-order chi connectivity index (χ0) is 11.5. The van der Waals surface area contributed by atoms with E-state index in [0.29, 0.717) is 0 Å². The molecule has 0 aliphatic rings. The number of hydrogen-bond donors (Lipinski definition) is 2. The lowest BCUT2D eigenvalue weighted by Gasteiger charge is -2.29. The smallest absolute Gasteiger partial charge is 0.109 e. The molecule has 0 saturated heterocycles. The molecular weight excluding hydrogens is 190 g/mol. The largest absolute Gasteiger partial charge is 0.392 e. The van der Waals surface area contributed by atoms with Crippen LogP contribution in [0.1, 0.15) is 26.6 Å². The Labute approximate surface area is 91.3 Å². The molecule has 0 fully saturated rings. The molecule has 1 heterocycles. The second kappa shape index (κ2) is 4.77. The topological polar surface area (TPSA) is 50.1 Å². The molecule has 1 aromatic rings. The molecule has 15 heavy (non-hydrogen) atoms. The molecule has 1 unspecified atom stereocenters. The van der Waals surface area contributed by atoms with Gasteiger partial charge >= 0.3 is 0 Å². The van der Waals surface area contributed by atoms with Crippen LogP contribution in [0.4, 0.5) is 0 Å². The molecule has 0 bridgehead atoms. The third-order valence-electron chi connectivity index (χ3n) is 2.89. The Hall–Kier alpha value is -0.870. The molecular formula is C11H21N3O. The van der Waals surface area contributed by atoms with Gasteiger partial charge in [-0.3, -0.25) is 0 Å². The second-order valence-electron chi connectivity index (χ2n) is 4.53. The first kappa shape index (κ1) is 12.2. The number of nitrogens with zero attached hydrogens (tertiary/aromatic N) is 2. The van der Waals surface area contributed by atoms with Gasteiger partial charge in [-0.15, -0.1) is 0 Å². The molecule has 86 valence electrons. The van der Waals surface area contributed by atoms with Gasteiger partial charge in [-0.1, -0.05) is 0 Å². The zero-order valence-electron chi connectivity index (χ0n) is 9.99. The molecule has 1 aromatic heterocycles. The summed E-state index contributed by atoms with van der Waals surface area (Å²) in [5.41, 5.74) is -0.245. The maximum Gasteiger partial charge on any atom is 0.109 e. The Morgan fingerprint density at radius 3 is 2.73 bits per heavy atom. The monoisotopic (exact) mass is 211 g/mol. The summed E-state index contributed by atoms with van der Waals surface area (Å²) in [4.78, 5) is 4.24. The molecule has 4 nitrogen and oxygen atoms in total. The highest BCUT2D eigenvalue weighted by Crippen LogP contribution is 2.08. The van der Waals surface area contributed by atoms with Gasteiger partial charge in [-0.05, 0) is 20.8 Å². The van der Waals surface area contributed by atoms with Crippen molar-refractivity contribution >= 4 is 0 Å². The molecule has 1 atom stereocenters. The van der Waals surface area contributed by atoms with Crippen molar-refractivity contribution in [1.82, 2.24) is 14.9 Å². The highest BCUT2D eigenvalue weighted by molar-refractivity contribution is 4.93. The normalized spacial score (nSPS) is 14.2. The maximum absolute atomic E-state index is 9.51. The van der Waals surface area contributed by atoms with Gasteiger partial charge in [-0.25, -0.2) is 4.98 Å². The predicted octanol–water partition coefficient (Wildman–Crippen LogP) is 0.712. The van der Waals surface area contributed by atoms with Crippen LogP contribution in [0.5, 0.6) is 0 Å². The minimum Gasteiger partial charge on any atom is -0.392 e. The Kier molecular flexibility index (Phi) is 3.88. The number of nitrogens with one attached hydrogen (secondary N) is 1. The van der Waals surface area contributed by atoms with E-state index >= 15 is 0 Å². The number of aliphatic hydroxyl groups is 1. The lowest BCUT2D eigenvalue weighted by atomic mass is 9.99. The molecule has 0 spiro atoms. The molecule has 0 aromatic carbocycles. The van der Waals surface area contributed by atoms with E-state index in [9.17, 15) is 5.11 Å². The van der Waals surface area contributed by atoms with E-state index in [1.807, 2.05) is 31.7 Å². The average Bonchev–Trinajstić information content (AvgIpc) is 2.51. The number of imidazole rings is 1. The fourth-order valence-corrected chi connectivity index (χ4v) is 1.28. The van der Waals surface area contributed by atoms with Crippen molar-refractivity contribution in [1.29, 1.82) is 0 Å². The zero-order valence-corrected chi connectivity index (χ0v) is 9.99. The highest BCUT2D eigenvalue weighted by atomic mass is 16.3. The lowest BCUT2D eigenvalue weighted by molar-refractivity contribution is 0.0971. The van der Waals surface area contributed by atoms with Gasteiger partial charge in [-0.2, -0.15) is 0 Å². The van der Waals surface area contributed by atoms with Crippen molar-refractivity contribution < 1.29 is 5.11 Å². The van der Waals surface area contributed by atoms with Gasteiger partial charge in [0.15, 0.2) is 0 Å². The van der Waals surface area contributed by atoms with Crippen LogP contribution < -0.4 is 5.32 Å². The molecule has 0 amide bonds. The Morgan fingerprint density at radius 1 is 1.60 bits per heavy atom. The summed E-state index contributed by atoms with van der Waals surface area (Å²) in [7, 11) is 1.99.